The maximum atomic E-state index is 15.8. The molecule has 0 saturated carbocycles. The molecule has 0 aliphatic carbocycles. The highest BCUT2D eigenvalue weighted by molar-refractivity contribution is 6.00. The summed E-state index contributed by atoms with van der Waals surface area (Å²) in [5.41, 5.74) is 10.5. The van der Waals surface area contributed by atoms with E-state index in [4.69, 9.17) is 24.7 Å². The summed E-state index contributed by atoms with van der Waals surface area (Å²) in [5.74, 6) is 0.657. The van der Waals surface area contributed by atoms with Crippen LogP contribution in [0.5, 0.6) is 17.2 Å². The molecule has 3 aromatic carbocycles. The minimum Gasteiger partial charge on any atom is -0.494 e. The first kappa shape index (κ1) is 27.9. The summed E-state index contributed by atoms with van der Waals surface area (Å²) < 4.78 is 40.7. The number of carbonyl (C=O) groups excluding carboxylic acids is 1. The van der Waals surface area contributed by atoms with Gasteiger partial charge in [-0.05, 0) is 34.7 Å². The van der Waals surface area contributed by atoms with Gasteiger partial charge in [-0.3, -0.25) is 4.79 Å². The number of morpholine rings is 1. The van der Waals surface area contributed by atoms with Crippen molar-refractivity contribution in [2.75, 3.05) is 44.0 Å². The number of fused-ring (bicyclic) bond motifs is 3. The first-order chi connectivity index (χ1) is 20.2. The number of methoxy groups -OCH3 is 1. The van der Waals surface area contributed by atoms with Gasteiger partial charge in [0.15, 0.2) is 23.1 Å². The van der Waals surface area contributed by atoms with Gasteiger partial charge >= 0.3 is 0 Å². The third-order valence-corrected chi connectivity index (χ3v) is 8.04. The number of nitrogen functional groups attached to an aromatic ring is 1. The van der Waals surface area contributed by atoms with Crippen molar-refractivity contribution in [2.45, 2.75) is 45.9 Å². The number of carbonyl (C=O) groups is 1. The lowest BCUT2D eigenvalue weighted by atomic mass is 9.84. The molecule has 2 aliphatic rings. The Morgan fingerprint density at radius 1 is 1.02 bits per heavy atom. The Bertz CT molecular complexity index is 1670. The predicted octanol–water partition coefficient (Wildman–Crippen LogP) is 5.86. The monoisotopic (exact) mass is 573 g/mol. The smallest absolute Gasteiger partial charge is 0.198 e. The Kier molecular flexibility index (Phi) is 7.22. The number of hydrogen-bond donors (Lipinski definition) is 1. The maximum absolute atomic E-state index is 15.8. The Morgan fingerprint density at radius 2 is 1.71 bits per heavy atom. The lowest BCUT2D eigenvalue weighted by Gasteiger charge is -2.33. The van der Waals surface area contributed by atoms with Crippen LogP contribution in [0.3, 0.4) is 0 Å². The van der Waals surface area contributed by atoms with Crippen LogP contribution in [0.25, 0.3) is 10.8 Å². The highest BCUT2D eigenvalue weighted by Crippen LogP contribution is 2.43. The van der Waals surface area contributed by atoms with Crippen molar-refractivity contribution >= 4 is 28.1 Å². The molecule has 220 valence electrons. The second-order valence-corrected chi connectivity index (χ2v) is 11.8. The normalized spacial score (nSPS) is 15.2. The van der Waals surface area contributed by atoms with Crippen LogP contribution in [0, 0.1) is 5.82 Å². The average molecular weight is 574 g/mol. The van der Waals surface area contributed by atoms with Crippen LogP contribution in [0.1, 0.15) is 47.8 Å². The third kappa shape index (κ3) is 5.02. The van der Waals surface area contributed by atoms with Crippen LogP contribution in [0.2, 0.25) is 0 Å². The maximum Gasteiger partial charge on any atom is 0.198 e. The molecule has 42 heavy (non-hydrogen) atoms. The molecule has 9 heteroatoms. The Labute approximate surface area is 244 Å². The molecule has 0 atom stereocenters. The van der Waals surface area contributed by atoms with Crippen molar-refractivity contribution in [3.05, 3.63) is 76.7 Å². The SMILES string of the molecule is COc1c(N2CCOCC2)cc(C(=O)Cn2cc3c(F)c4c(cc3c2N)OCc2ccccc2CO4)cc1C(C)(C)C. The van der Waals surface area contributed by atoms with Crippen LogP contribution in [0.4, 0.5) is 15.9 Å². The van der Waals surface area contributed by atoms with E-state index in [0.29, 0.717) is 37.3 Å². The molecule has 6 rings (SSSR count). The third-order valence-electron chi connectivity index (χ3n) is 8.04. The summed E-state index contributed by atoms with van der Waals surface area (Å²) in [4.78, 5) is 16.0. The molecule has 1 aromatic heterocycles. The molecule has 0 bridgehead atoms. The highest BCUT2D eigenvalue weighted by Gasteiger charge is 2.28. The summed E-state index contributed by atoms with van der Waals surface area (Å²) in [6, 6.07) is 13.2. The highest BCUT2D eigenvalue weighted by atomic mass is 19.1. The van der Waals surface area contributed by atoms with Crippen LogP contribution < -0.4 is 24.8 Å². The van der Waals surface area contributed by atoms with Crippen molar-refractivity contribution < 1.29 is 28.1 Å². The van der Waals surface area contributed by atoms with E-state index in [1.54, 1.807) is 23.9 Å². The molecule has 4 aromatic rings. The van der Waals surface area contributed by atoms with Gasteiger partial charge in [-0.15, -0.1) is 0 Å². The van der Waals surface area contributed by atoms with Gasteiger partial charge < -0.3 is 34.1 Å². The summed E-state index contributed by atoms with van der Waals surface area (Å²) in [5, 5.41) is 0.742. The standard InChI is InChI=1S/C33H36FN3O5/c1-33(2,3)25-13-22(14-26(30(25)39-4)36-9-11-40-12-10-36)27(38)17-37-16-24-23(32(37)35)15-28-31(29(24)34)42-19-21-8-6-5-7-20(21)18-41-28/h5-8,13-16H,9-12,17-19,35H2,1-4H3. The second kappa shape index (κ2) is 10.9. The van der Waals surface area contributed by atoms with Gasteiger partial charge in [0.1, 0.15) is 24.8 Å². The quantitative estimate of drug-likeness (QED) is 0.299. The number of benzene rings is 3. The molecule has 0 radical (unpaired) electrons. The van der Waals surface area contributed by atoms with E-state index < -0.39 is 5.82 Å². The van der Waals surface area contributed by atoms with Crippen molar-refractivity contribution in [3.63, 3.8) is 0 Å². The van der Waals surface area contributed by atoms with Crippen LogP contribution in [-0.4, -0.2) is 43.8 Å². The molecule has 1 saturated heterocycles. The number of ketones is 1. The Hall–Kier alpha value is -4.24. The summed E-state index contributed by atoms with van der Waals surface area (Å²) in [6.07, 6.45) is 1.57. The van der Waals surface area contributed by atoms with Gasteiger partial charge in [-0.2, -0.15) is 0 Å². The van der Waals surface area contributed by atoms with Crippen LogP contribution in [-0.2, 0) is 29.9 Å². The Balaban J connectivity index is 1.36. The van der Waals surface area contributed by atoms with Gasteiger partial charge in [0.2, 0.25) is 0 Å². The largest absolute Gasteiger partial charge is 0.494 e. The fraction of sp³-hybridized carbons (Fsp3) is 0.364. The van der Waals surface area contributed by atoms with Crippen molar-refractivity contribution in [3.8, 4) is 17.2 Å². The number of halogens is 1. The zero-order valence-electron chi connectivity index (χ0n) is 24.5. The number of Topliss-reactive ketones (excluding diaryl/α,β-unsaturated/α-hetero) is 1. The van der Waals surface area contributed by atoms with Gasteiger partial charge in [0.05, 0.1) is 32.6 Å². The van der Waals surface area contributed by atoms with Crippen molar-refractivity contribution in [1.82, 2.24) is 4.57 Å². The number of nitrogens with two attached hydrogens (primary N) is 1. The van der Waals surface area contributed by atoms with Gasteiger partial charge in [-0.25, -0.2) is 4.39 Å². The lowest BCUT2D eigenvalue weighted by molar-refractivity contribution is 0.0973. The number of hydrogen-bond acceptors (Lipinski definition) is 7. The van der Waals surface area contributed by atoms with Crippen molar-refractivity contribution in [2.24, 2.45) is 0 Å². The van der Waals surface area contributed by atoms with Crippen molar-refractivity contribution in [1.29, 1.82) is 0 Å². The zero-order valence-corrected chi connectivity index (χ0v) is 24.5. The van der Waals surface area contributed by atoms with Gasteiger partial charge in [0, 0.05) is 41.2 Å². The summed E-state index contributed by atoms with van der Waals surface area (Å²) in [6.45, 7) is 9.35. The minimum absolute atomic E-state index is 0.0422. The number of anilines is 2. The number of aromatic nitrogens is 1. The predicted molar refractivity (Wildman–Crippen MR) is 160 cm³/mol. The summed E-state index contributed by atoms with van der Waals surface area (Å²) in [7, 11) is 1.66. The molecule has 1 fully saturated rings. The summed E-state index contributed by atoms with van der Waals surface area (Å²) >= 11 is 0. The minimum atomic E-state index is -0.561. The van der Waals surface area contributed by atoms with E-state index in [-0.39, 0.29) is 53.7 Å². The van der Waals surface area contributed by atoms with E-state index in [1.165, 1.54) is 0 Å². The van der Waals surface area contributed by atoms with Gasteiger partial charge in [0.25, 0.3) is 0 Å². The van der Waals surface area contributed by atoms with E-state index >= 15 is 4.39 Å². The van der Waals surface area contributed by atoms with Crippen LogP contribution >= 0.6 is 0 Å². The topological polar surface area (TPSA) is 88.2 Å². The molecule has 0 amide bonds. The average Bonchev–Trinajstić information content (AvgIpc) is 3.28. The fourth-order valence-corrected chi connectivity index (χ4v) is 5.69. The molecule has 8 nitrogen and oxygen atoms in total. The van der Waals surface area contributed by atoms with E-state index in [0.717, 1.165) is 28.1 Å². The Morgan fingerprint density at radius 3 is 2.38 bits per heavy atom. The van der Waals surface area contributed by atoms with Gasteiger partial charge in [-0.1, -0.05) is 45.0 Å². The lowest BCUT2D eigenvalue weighted by Crippen LogP contribution is -2.37. The first-order valence-corrected chi connectivity index (χ1v) is 14.2. The molecule has 0 unspecified atom stereocenters. The first-order valence-electron chi connectivity index (χ1n) is 14.2. The number of rotatable bonds is 5. The number of ether oxygens (including phenoxy) is 4. The fourth-order valence-electron chi connectivity index (χ4n) is 5.69. The molecule has 2 N–H and O–H groups in total. The second-order valence-electron chi connectivity index (χ2n) is 11.8. The molecule has 3 heterocycles. The molecular weight excluding hydrogens is 537 g/mol. The number of nitrogens with zero attached hydrogens (tertiary/aromatic N) is 2. The van der Waals surface area contributed by atoms with E-state index in [1.807, 2.05) is 36.4 Å². The van der Waals surface area contributed by atoms with E-state index in [2.05, 4.69) is 25.7 Å². The zero-order chi connectivity index (χ0) is 29.6. The molecule has 2 aliphatic heterocycles. The molecular formula is C33H36FN3O5. The van der Waals surface area contributed by atoms with E-state index in [9.17, 15) is 4.79 Å². The van der Waals surface area contributed by atoms with Crippen LogP contribution in [0.15, 0.2) is 48.7 Å². The molecule has 0 spiro atoms.